The molecule has 0 aliphatic carbocycles. The number of unbranched alkanes of at least 4 members (excludes halogenated alkanes) is 5. The molecular formula is C25H26Cl2N2O4. The number of nitrogens with one attached hydrogen (secondary N) is 1. The zero-order chi connectivity index (χ0) is 23.8. The number of imide groups is 2. The van der Waals surface area contributed by atoms with Crippen molar-refractivity contribution < 1.29 is 19.1 Å². The largest absolute Gasteiger partial charge is 0.490 e. The predicted molar refractivity (Wildman–Crippen MR) is 131 cm³/mol. The van der Waals surface area contributed by atoms with Crippen molar-refractivity contribution in [1.82, 2.24) is 5.32 Å². The molecule has 3 rings (SSSR count). The van der Waals surface area contributed by atoms with Crippen molar-refractivity contribution in [3.8, 4) is 5.75 Å². The summed E-state index contributed by atoms with van der Waals surface area (Å²) in [4.78, 5) is 38.5. The van der Waals surface area contributed by atoms with Gasteiger partial charge in [0.15, 0.2) is 5.75 Å². The second kappa shape index (κ2) is 11.9. The number of ether oxygens (including phenoxy) is 1. The molecule has 0 bridgehead atoms. The summed E-state index contributed by atoms with van der Waals surface area (Å²) in [5.41, 5.74) is 0.594. The topological polar surface area (TPSA) is 75.7 Å². The Hall–Kier alpha value is -2.83. The molecule has 1 N–H and O–H groups in total. The number of nitrogens with zero attached hydrogens (tertiary/aromatic N) is 1. The molecule has 1 fully saturated rings. The van der Waals surface area contributed by atoms with Gasteiger partial charge in [0.2, 0.25) is 0 Å². The standard InChI is InChI=1S/C25H26Cl2N2O4/c1-2-3-4-5-6-10-13-33-22-20(26)15-17(16-21(22)27)14-19-23(30)28-25(32)29(24(19)31)18-11-8-7-9-12-18/h7-9,11-12,14-16H,2-6,10,13H2,1H3,(H,28,30,32)/b19-14-. The Morgan fingerprint density at radius 2 is 1.58 bits per heavy atom. The summed E-state index contributed by atoms with van der Waals surface area (Å²) in [5, 5.41) is 2.75. The van der Waals surface area contributed by atoms with Gasteiger partial charge in [-0.15, -0.1) is 0 Å². The van der Waals surface area contributed by atoms with Crippen LogP contribution in [0, 0.1) is 0 Å². The van der Waals surface area contributed by atoms with Crippen LogP contribution >= 0.6 is 23.2 Å². The summed E-state index contributed by atoms with van der Waals surface area (Å²) in [7, 11) is 0. The minimum atomic E-state index is -0.803. The van der Waals surface area contributed by atoms with E-state index in [-0.39, 0.29) is 15.6 Å². The first-order valence-corrected chi connectivity index (χ1v) is 11.8. The summed E-state index contributed by atoms with van der Waals surface area (Å²) < 4.78 is 5.77. The Labute approximate surface area is 203 Å². The molecule has 1 aliphatic heterocycles. The van der Waals surface area contributed by atoms with Crippen LogP contribution in [-0.2, 0) is 9.59 Å². The van der Waals surface area contributed by atoms with Gasteiger partial charge in [-0.2, -0.15) is 0 Å². The van der Waals surface area contributed by atoms with Crippen LogP contribution in [0.2, 0.25) is 10.0 Å². The lowest BCUT2D eigenvalue weighted by Gasteiger charge is -2.26. The Balaban J connectivity index is 1.73. The average Bonchev–Trinajstić information content (AvgIpc) is 2.78. The van der Waals surface area contributed by atoms with Crippen LogP contribution in [0.4, 0.5) is 10.5 Å². The normalized spacial score (nSPS) is 15.2. The van der Waals surface area contributed by atoms with Gasteiger partial charge in [0, 0.05) is 0 Å². The van der Waals surface area contributed by atoms with E-state index in [1.165, 1.54) is 31.8 Å². The molecule has 1 heterocycles. The van der Waals surface area contributed by atoms with Crippen LogP contribution in [0.25, 0.3) is 6.08 Å². The lowest BCUT2D eigenvalue weighted by Crippen LogP contribution is -2.54. The highest BCUT2D eigenvalue weighted by Crippen LogP contribution is 2.35. The number of anilines is 1. The number of amides is 4. The molecule has 8 heteroatoms. The van der Waals surface area contributed by atoms with E-state index in [1.807, 2.05) is 0 Å². The fourth-order valence-electron chi connectivity index (χ4n) is 3.49. The average molecular weight is 489 g/mol. The maximum absolute atomic E-state index is 12.9. The van der Waals surface area contributed by atoms with Crippen LogP contribution in [0.5, 0.6) is 5.75 Å². The second-order valence-electron chi connectivity index (χ2n) is 7.72. The third-order valence-corrected chi connectivity index (χ3v) is 5.75. The number of benzene rings is 2. The molecule has 2 aromatic carbocycles. The van der Waals surface area contributed by atoms with Gasteiger partial charge < -0.3 is 4.74 Å². The van der Waals surface area contributed by atoms with E-state index >= 15 is 0 Å². The van der Waals surface area contributed by atoms with Crippen molar-refractivity contribution in [2.24, 2.45) is 0 Å². The van der Waals surface area contributed by atoms with E-state index in [9.17, 15) is 14.4 Å². The summed E-state index contributed by atoms with van der Waals surface area (Å²) >= 11 is 12.7. The number of barbiturate groups is 1. The highest BCUT2D eigenvalue weighted by atomic mass is 35.5. The van der Waals surface area contributed by atoms with E-state index in [0.29, 0.717) is 23.6 Å². The summed E-state index contributed by atoms with van der Waals surface area (Å²) in [6.45, 7) is 2.68. The fourth-order valence-corrected chi connectivity index (χ4v) is 4.11. The number of halogens is 2. The van der Waals surface area contributed by atoms with Crippen molar-refractivity contribution in [3.63, 3.8) is 0 Å². The van der Waals surface area contributed by atoms with Gasteiger partial charge in [-0.3, -0.25) is 14.9 Å². The molecule has 0 aromatic heterocycles. The molecule has 33 heavy (non-hydrogen) atoms. The Morgan fingerprint density at radius 3 is 2.24 bits per heavy atom. The third kappa shape index (κ3) is 6.36. The maximum Gasteiger partial charge on any atom is 0.335 e. The quantitative estimate of drug-likeness (QED) is 0.238. The van der Waals surface area contributed by atoms with E-state index in [1.54, 1.807) is 42.5 Å². The van der Waals surface area contributed by atoms with Crippen LogP contribution in [0.15, 0.2) is 48.0 Å². The van der Waals surface area contributed by atoms with Gasteiger partial charge in [-0.05, 0) is 42.3 Å². The summed E-state index contributed by atoms with van der Waals surface area (Å²) in [6.07, 6.45) is 8.18. The molecular weight excluding hydrogens is 463 g/mol. The van der Waals surface area contributed by atoms with Crippen molar-refractivity contribution in [1.29, 1.82) is 0 Å². The highest BCUT2D eigenvalue weighted by Gasteiger charge is 2.36. The summed E-state index contributed by atoms with van der Waals surface area (Å²) in [6, 6.07) is 10.7. The Morgan fingerprint density at radius 1 is 0.939 bits per heavy atom. The monoisotopic (exact) mass is 488 g/mol. The Bertz CT molecular complexity index is 1030. The third-order valence-electron chi connectivity index (χ3n) is 5.19. The van der Waals surface area contributed by atoms with Crippen molar-refractivity contribution >= 4 is 52.8 Å². The lowest BCUT2D eigenvalue weighted by molar-refractivity contribution is -0.122. The molecule has 0 unspecified atom stereocenters. The lowest BCUT2D eigenvalue weighted by atomic mass is 10.1. The Kier molecular flexibility index (Phi) is 8.92. The van der Waals surface area contributed by atoms with Crippen molar-refractivity contribution in [2.75, 3.05) is 11.5 Å². The predicted octanol–water partition coefficient (Wildman–Crippen LogP) is 6.40. The summed E-state index contributed by atoms with van der Waals surface area (Å²) in [5.74, 6) is -1.15. The van der Waals surface area contributed by atoms with Crippen molar-refractivity contribution in [2.45, 2.75) is 45.4 Å². The van der Waals surface area contributed by atoms with Crippen LogP contribution < -0.4 is 15.0 Å². The first-order chi connectivity index (χ1) is 15.9. The van der Waals surface area contributed by atoms with Gasteiger partial charge in [-0.25, -0.2) is 9.69 Å². The minimum Gasteiger partial charge on any atom is -0.490 e. The number of para-hydroxylation sites is 1. The van der Waals surface area contributed by atoms with E-state index in [0.717, 1.165) is 17.7 Å². The molecule has 174 valence electrons. The molecule has 6 nitrogen and oxygen atoms in total. The molecule has 0 radical (unpaired) electrons. The van der Waals surface area contributed by atoms with E-state index < -0.39 is 17.8 Å². The first-order valence-electron chi connectivity index (χ1n) is 11.0. The van der Waals surface area contributed by atoms with Gasteiger partial charge in [-0.1, -0.05) is 80.4 Å². The molecule has 0 saturated carbocycles. The number of carbonyl (C=O) groups excluding carboxylic acids is 3. The van der Waals surface area contributed by atoms with Crippen LogP contribution in [-0.4, -0.2) is 24.5 Å². The van der Waals surface area contributed by atoms with Crippen LogP contribution in [0.1, 0.15) is 51.0 Å². The fraction of sp³-hybridized carbons (Fsp3) is 0.320. The zero-order valence-corrected chi connectivity index (χ0v) is 19.9. The van der Waals surface area contributed by atoms with Gasteiger partial charge in [0.1, 0.15) is 5.57 Å². The van der Waals surface area contributed by atoms with Gasteiger partial charge in [0.25, 0.3) is 11.8 Å². The molecule has 0 atom stereocenters. The first kappa shape index (κ1) is 24.8. The molecule has 2 aromatic rings. The van der Waals surface area contributed by atoms with E-state index in [4.69, 9.17) is 27.9 Å². The zero-order valence-electron chi connectivity index (χ0n) is 18.4. The van der Waals surface area contributed by atoms with E-state index in [2.05, 4.69) is 12.2 Å². The number of rotatable bonds is 10. The smallest absolute Gasteiger partial charge is 0.335 e. The number of urea groups is 1. The number of carbonyl (C=O) groups is 3. The molecule has 4 amide bonds. The second-order valence-corrected chi connectivity index (χ2v) is 8.54. The van der Waals surface area contributed by atoms with Gasteiger partial charge >= 0.3 is 6.03 Å². The number of hydrogen-bond acceptors (Lipinski definition) is 4. The van der Waals surface area contributed by atoms with Crippen LogP contribution in [0.3, 0.4) is 0 Å². The molecule has 1 aliphatic rings. The molecule has 1 saturated heterocycles. The highest BCUT2D eigenvalue weighted by molar-refractivity contribution is 6.40. The number of hydrogen-bond donors (Lipinski definition) is 1. The molecule has 0 spiro atoms. The van der Waals surface area contributed by atoms with Crippen molar-refractivity contribution in [3.05, 3.63) is 63.6 Å². The van der Waals surface area contributed by atoms with Gasteiger partial charge in [0.05, 0.1) is 22.3 Å². The minimum absolute atomic E-state index is 0.202. The maximum atomic E-state index is 12.9. The SMILES string of the molecule is CCCCCCCCOc1c(Cl)cc(/C=C2/C(=O)NC(=O)N(c3ccccc3)C2=O)cc1Cl.